The maximum atomic E-state index is 5.65. The summed E-state index contributed by atoms with van der Waals surface area (Å²) >= 11 is 6.89. The first-order valence-corrected chi connectivity index (χ1v) is 7.73. The number of rotatable bonds is 6. The van der Waals surface area contributed by atoms with Crippen molar-refractivity contribution in [3.05, 3.63) is 51.4 Å². The average Bonchev–Trinajstić information content (AvgIpc) is 2.47. The lowest BCUT2D eigenvalue weighted by molar-refractivity contribution is 0.333. The van der Waals surface area contributed by atoms with Crippen molar-refractivity contribution < 1.29 is 9.47 Å². The van der Waals surface area contributed by atoms with Gasteiger partial charge in [0.15, 0.2) is 0 Å². The van der Waals surface area contributed by atoms with Gasteiger partial charge in [-0.15, -0.1) is 0 Å². The molecule has 0 amide bonds. The second kappa shape index (κ2) is 7.55. The molecular formula is C15H15Br2NO2. The van der Waals surface area contributed by atoms with E-state index in [1.54, 1.807) is 7.11 Å². The number of ether oxygens (including phenoxy) is 2. The van der Waals surface area contributed by atoms with Crippen LogP contribution in [0.3, 0.4) is 0 Å². The van der Waals surface area contributed by atoms with Crippen LogP contribution in [0.1, 0.15) is 0 Å². The van der Waals surface area contributed by atoms with E-state index >= 15 is 0 Å². The molecule has 20 heavy (non-hydrogen) atoms. The van der Waals surface area contributed by atoms with Crippen LogP contribution >= 0.6 is 31.9 Å². The molecule has 0 aliphatic rings. The Balaban J connectivity index is 1.82. The molecule has 0 bridgehead atoms. The molecule has 3 nitrogen and oxygen atoms in total. The quantitative estimate of drug-likeness (QED) is 0.712. The van der Waals surface area contributed by atoms with E-state index in [0.717, 1.165) is 26.1 Å². The molecule has 0 heterocycles. The molecule has 0 aliphatic carbocycles. The lowest BCUT2D eigenvalue weighted by Gasteiger charge is -2.11. The summed E-state index contributed by atoms with van der Waals surface area (Å²) in [5.41, 5.74) is 0.990. The van der Waals surface area contributed by atoms with E-state index in [4.69, 9.17) is 9.47 Å². The fourth-order valence-electron chi connectivity index (χ4n) is 1.65. The van der Waals surface area contributed by atoms with E-state index < -0.39 is 0 Å². The zero-order valence-corrected chi connectivity index (χ0v) is 14.2. The van der Waals surface area contributed by atoms with Crippen molar-refractivity contribution in [3.63, 3.8) is 0 Å². The van der Waals surface area contributed by atoms with Crippen molar-refractivity contribution in [1.82, 2.24) is 0 Å². The number of hydrogen-bond donors (Lipinski definition) is 1. The van der Waals surface area contributed by atoms with Gasteiger partial charge in [-0.2, -0.15) is 0 Å². The standard InChI is InChI=1S/C15H15Br2NO2/c1-19-13-6-7-14(17)15(10-13)18-8-9-20-12-4-2-11(16)3-5-12/h2-7,10,18H,8-9H2,1H3. The molecule has 5 heteroatoms. The average molecular weight is 401 g/mol. The molecular weight excluding hydrogens is 386 g/mol. The Morgan fingerprint density at radius 3 is 2.40 bits per heavy atom. The zero-order chi connectivity index (χ0) is 14.4. The largest absolute Gasteiger partial charge is 0.497 e. The van der Waals surface area contributed by atoms with Gasteiger partial charge in [0.05, 0.1) is 12.8 Å². The summed E-state index contributed by atoms with van der Waals surface area (Å²) in [4.78, 5) is 0. The summed E-state index contributed by atoms with van der Waals surface area (Å²) in [5.74, 6) is 1.68. The smallest absolute Gasteiger partial charge is 0.121 e. The molecule has 2 aromatic rings. The number of anilines is 1. The third-order valence-electron chi connectivity index (χ3n) is 2.67. The Labute approximate surface area is 135 Å². The molecule has 2 rings (SSSR count). The van der Waals surface area contributed by atoms with E-state index in [0.29, 0.717) is 13.2 Å². The Hall–Kier alpha value is -1.20. The Bertz CT molecular complexity index is 558. The summed E-state index contributed by atoms with van der Waals surface area (Å²) in [6, 6.07) is 13.6. The fraction of sp³-hybridized carbons (Fsp3) is 0.200. The molecule has 0 saturated heterocycles. The molecule has 0 fully saturated rings. The van der Waals surface area contributed by atoms with Gasteiger partial charge in [0.2, 0.25) is 0 Å². The lowest BCUT2D eigenvalue weighted by Crippen LogP contribution is -2.11. The van der Waals surface area contributed by atoms with Crippen LogP contribution in [0.4, 0.5) is 5.69 Å². The molecule has 0 aliphatic heterocycles. The maximum absolute atomic E-state index is 5.65. The number of methoxy groups -OCH3 is 1. The summed E-state index contributed by atoms with van der Waals surface area (Å²) in [7, 11) is 1.66. The Kier molecular flexibility index (Phi) is 5.73. The predicted octanol–water partition coefficient (Wildman–Crippen LogP) is 4.71. The van der Waals surface area contributed by atoms with E-state index in [9.17, 15) is 0 Å². The summed E-state index contributed by atoms with van der Waals surface area (Å²) < 4.78 is 12.9. The molecule has 0 saturated carbocycles. The molecule has 0 aromatic heterocycles. The maximum Gasteiger partial charge on any atom is 0.121 e. The van der Waals surface area contributed by atoms with Gasteiger partial charge >= 0.3 is 0 Å². The van der Waals surface area contributed by atoms with E-state index in [-0.39, 0.29) is 0 Å². The third-order valence-corrected chi connectivity index (χ3v) is 3.89. The minimum absolute atomic E-state index is 0.589. The Morgan fingerprint density at radius 1 is 1.00 bits per heavy atom. The van der Waals surface area contributed by atoms with Crippen LogP contribution < -0.4 is 14.8 Å². The van der Waals surface area contributed by atoms with Crippen molar-refractivity contribution in [1.29, 1.82) is 0 Å². The van der Waals surface area contributed by atoms with Gasteiger partial charge in [-0.25, -0.2) is 0 Å². The van der Waals surface area contributed by atoms with Crippen molar-refractivity contribution in [2.24, 2.45) is 0 Å². The van der Waals surface area contributed by atoms with Crippen LogP contribution in [0, 0.1) is 0 Å². The normalized spacial score (nSPS) is 10.2. The number of halogens is 2. The molecule has 0 atom stereocenters. The van der Waals surface area contributed by atoms with Gasteiger partial charge in [0, 0.05) is 21.6 Å². The fourth-order valence-corrected chi connectivity index (χ4v) is 2.30. The third kappa shape index (κ3) is 4.42. The van der Waals surface area contributed by atoms with Crippen molar-refractivity contribution in [3.8, 4) is 11.5 Å². The molecule has 0 spiro atoms. The molecule has 106 valence electrons. The van der Waals surface area contributed by atoms with Gasteiger partial charge < -0.3 is 14.8 Å². The summed E-state index contributed by atoms with van der Waals surface area (Å²) in [6.45, 7) is 1.30. The minimum Gasteiger partial charge on any atom is -0.497 e. The van der Waals surface area contributed by atoms with Crippen LogP contribution in [0.2, 0.25) is 0 Å². The monoisotopic (exact) mass is 399 g/mol. The highest BCUT2D eigenvalue weighted by Crippen LogP contribution is 2.26. The molecule has 1 N–H and O–H groups in total. The van der Waals surface area contributed by atoms with Gasteiger partial charge in [-0.1, -0.05) is 15.9 Å². The SMILES string of the molecule is COc1ccc(Br)c(NCCOc2ccc(Br)cc2)c1. The zero-order valence-electron chi connectivity index (χ0n) is 11.0. The highest BCUT2D eigenvalue weighted by molar-refractivity contribution is 9.10. The summed E-state index contributed by atoms with van der Waals surface area (Å²) in [6.07, 6.45) is 0. The van der Waals surface area contributed by atoms with Crippen molar-refractivity contribution in [2.45, 2.75) is 0 Å². The highest BCUT2D eigenvalue weighted by Gasteiger charge is 2.01. The highest BCUT2D eigenvalue weighted by atomic mass is 79.9. The number of hydrogen-bond acceptors (Lipinski definition) is 3. The van der Waals surface area contributed by atoms with Crippen LogP contribution in [0.5, 0.6) is 11.5 Å². The second-order valence-electron chi connectivity index (χ2n) is 4.07. The van der Waals surface area contributed by atoms with E-state index in [1.807, 2.05) is 42.5 Å². The first-order valence-electron chi connectivity index (χ1n) is 6.15. The van der Waals surface area contributed by atoms with Gasteiger partial charge in [-0.05, 0) is 52.3 Å². The van der Waals surface area contributed by atoms with Crippen LogP contribution in [0.15, 0.2) is 51.4 Å². The second-order valence-corrected chi connectivity index (χ2v) is 5.84. The van der Waals surface area contributed by atoms with E-state index in [1.165, 1.54) is 0 Å². The van der Waals surface area contributed by atoms with Crippen molar-refractivity contribution >= 4 is 37.5 Å². The minimum atomic E-state index is 0.589. The van der Waals surface area contributed by atoms with E-state index in [2.05, 4.69) is 37.2 Å². The first-order chi connectivity index (χ1) is 9.69. The Morgan fingerprint density at radius 2 is 1.70 bits per heavy atom. The van der Waals surface area contributed by atoms with Gasteiger partial charge in [0.25, 0.3) is 0 Å². The number of benzene rings is 2. The van der Waals surface area contributed by atoms with Crippen molar-refractivity contribution in [2.75, 3.05) is 25.6 Å². The molecule has 0 unspecified atom stereocenters. The van der Waals surface area contributed by atoms with Crippen LogP contribution in [0.25, 0.3) is 0 Å². The summed E-state index contributed by atoms with van der Waals surface area (Å²) in [5, 5.41) is 3.31. The van der Waals surface area contributed by atoms with Crippen LogP contribution in [-0.4, -0.2) is 20.3 Å². The topological polar surface area (TPSA) is 30.5 Å². The molecule has 2 aromatic carbocycles. The predicted molar refractivity (Wildman–Crippen MR) is 88.8 cm³/mol. The molecule has 0 radical (unpaired) electrons. The number of nitrogens with one attached hydrogen (secondary N) is 1. The van der Waals surface area contributed by atoms with Crippen LogP contribution in [-0.2, 0) is 0 Å². The first kappa shape index (κ1) is 15.2. The lowest BCUT2D eigenvalue weighted by atomic mass is 10.3. The van der Waals surface area contributed by atoms with Gasteiger partial charge in [-0.3, -0.25) is 0 Å². The van der Waals surface area contributed by atoms with Gasteiger partial charge in [0.1, 0.15) is 18.1 Å².